The molecule has 7 aromatic rings. The first kappa shape index (κ1) is 34.2. The second kappa shape index (κ2) is 16.6. The smallest absolute Gasteiger partial charge is 0.166 e. The van der Waals surface area contributed by atoms with Gasteiger partial charge in [-0.3, -0.25) is 0 Å². The van der Waals surface area contributed by atoms with Gasteiger partial charge in [-0.25, -0.2) is 0 Å². The fourth-order valence-electron chi connectivity index (χ4n) is 6.67. The van der Waals surface area contributed by atoms with E-state index >= 15 is 0 Å². The van der Waals surface area contributed by atoms with Gasteiger partial charge in [-0.1, -0.05) is 121 Å². The Morgan fingerprint density at radius 3 is 0.720 bits per heavy atom. The van der Waals surface area contributed by atoms with Crippen LogP contribution in [0.1, 0.15) is 0 Å². The maximum atomic E-state index is 5.29. The number of ether oxygens (including phenoxy) is 3. The normalized spacial score (nSPS) is 10.9. The van der Waals surface area contributed by atoms with Gasteiger partial charge in [0, 0.05) is 0 Å². The average Bonchev–Trinajstić information content (AvgIpc) is 3.21. The third-order valence-electron chi connectivity index (χ3n) is 9.08. The lowest BCUT2D eigenvalue weighted by Crippen LogP contribution is -2.74. The van der Waals surface area contributed by atoms with Crippen LogP contribution in [-0.2, 0) is 10.9 Å². The molecule has 0 aliphatic rings. The van der Waals surface area contributed by atoms with E-state index in [2.05, 4.69) is 158 Å². The molecule has 248 valence electrons. The maximum absolute atomic E-state index is 5.29. The lowest BCUT2D eigenvalue weighted by atomic mass is 9.13. The van der Waals surface area contributed by atoms with E-state index in [4.69, 9.17) is 14.2 Å². The molecule has 0 unspecified atom stereocenters. The van der Waals surface area contributed by atoms with Crippen LogP contribution >= 0.6 is 0 Å². The van der Waals surface area contributed by atoms with Gasteiger partial charge in [0.1, 0.15) is 23.4 Å². The fourth-order valence-corrected chi connectivity index (χ4v) is 8.71. The Morgan fingerprint density at radius 2 is 0.520 bits per heavy atom. The average molecular weight is 673 g/mol. The molecule has 0 aliphatic heterocycles. The van der Waals surface area contributed by atoms with Crippen LogP contribution in [0.4, 0.5) is 0 Å². The Kier molecular flexibility index (Phi) is 11.4. The zero-order valence-corrected chi connectivity index (χ0v) is 29.5. The first-order chi connectivity index (χ1) is 24.7. The molecule has 50 heavy (non-hydrogen) atoms. The molecule has 0 saturated heterocycles. The van der Waals surface area contributed by atoms with Crippen LogP contribution in [0.5, 0.6) is 17.2 Å². The van der Waals surface area contributed by atoms with Crippen LogP contribution in [0, 0.1) is 0 Å². The lowest BCUT2D eigenvalue weighted by molar-refractivity contribution is 0.414. The quantitative estimate of drug-likeness (QED) is 0.109. The van der Waals surface area contributed by atoms with Crippen molar-refractivity contribution in [3.63, 3.8) is 0 Å². The van der Waals surface area contributed by atoms with Crippen molar-refractivity contribution in [2.45, 2.75) is 14.7 Å². The van der Waals surface area contributed by atoms with Gasteiger partial charge < -0.3 is 14.2 Å². The number of rotatable bonds is 10. The summed E-state index contributed by atoms with van der Waals surface area (Å²) in [5.74, 6) is 2.57. The molecule has 5 heteroatoms. The van der Waals surface area contributed by atoms with Crippen molar-refractivity contribution in [3.05, 3.63) is 194 Å². The van der Waals surface area contributed by atoms with E-state index < -0.39 is 6.15 Å². The molecular weight excluding hydrogens is 631 g/mol. The maximum Gasteiger partial charge on any atom is 0.166 e. The Morgan fingerprint density at radius 1 is 0.300 bits per heavy atom. The summed E-state index contributed by atoms with van der Waals surface area (Å²) in [6.07, 6.45) is -1.22. The van der Waals surface area contributed by atoms with Crippen molar-refractivity contribution in [2.75, 3.05) is 21.3 Å². The Balaban J connectivity index is 0.000000173. The van der Waals surface area contributed by atoms with E-state index in [9.17, 15) is 0 Å². The van der Waals surface area contributed by atoms with E-state index in [0.29, 0.717) is 0 Å². The lowest BCUT2D eigenvalue weighted by Gasteiger charge is -2.44. The minimum Gasteiger partial charge on any atom is -0.497 e. The third-order valence-corrected chi connectivity index (χ3v) is 11.3. The highest BCUT2D eigenvalue weighted by atomic mass is 32.2. The first-order valence-corrected chi connectivity index (χ1v) is 17.9. The van der Waals surface area contributed by atoms with Crippen molar-refractivity contribution in [3.8, 4) is 17.2 Å². The van der Waals surface area contributed by atoms with E-state index in [1.165, 1.54) is 36.5 Å². The summed E-state index contributed by atoms with van der Waals surface area (Å²) in [6, 6.07) is 68.3. The molecule has 0 spiro atoms. The molecule has 7 rings (SSSR count). The van der Waals surface area contributed by atoms with Crippen LogP contribution < -0.4 is 36.1 Å². The van der Waals surface area contributed by atoms with E-state index in [0.717, 1.165) is 17.2 Å². The SMILES string of the molecule is COc1ccc([S+](c2ccc(OC)cc2)c2ccc(OC)cc2)cc1.c1ccc([B-](c2ccccc2)(c2ccccc2)c2ccccc2)cc1. The summed E-state index contributed by atoms with van der Waals surface area (Å²) in [7, 11) is 4.83. The van der Waals surface area contributed by atoms with E-state index in [-0.39, 0.29) is 10.9 Å². The summed E-state index contributed by atoms with van der Waals surface area (Å²) < 4.78 is 15.9. The second-order valence-corrected chi connectivity index (χ2v) is 13.9. The highest BCUT2D eigenvalue weighted by molar-refractivity contribution is 7.97. The van der Waals surface area contributed by atoms with Gasteiger partial charge in [0.2, 0.25) is 0 Å². The van der Waals surface area contributed by atoms with Crippen molar-refractivity contribution in [1.29, 1.82) is 0 Å². The van der Waals surface area contributed by atoms with Gasteiger partial charge in [0.25, 0.3) is 0 Å². The number of methoxy groups -OCH3 is 3. The largest absolute Gasteiger partial charge is 0.497 e. The van der Waals surface area contributed by atoms with Crippen molar-refractivity contribution >= 4 is 38.9 Å². The number of hydrogen-bond acceptors (Lipinski definition) is 3. The molecule has 0 fully saturated rings. The third kappa shape index (κ3) is 7.49. The van der Waals surface area contributed by atoms with Crippen LogP contribution in [0.3, 0.4) is 0 Å². The van der Waals surface area contributed by atoms with Crippen molar-refractivity contribution in [2.24, 2.45) is 0 Å². The first-order valence-electron chi connectivity index (χ1n) is 16.7. The van der Waals surface area contributed by atoms with Gasteiger partial charge in [0.05, 0.1) is 32.2 Å². The zero-order chi connectivity index (χ0) is 34.6. The van der Waals surface area contributed by atoms with Crippen LogP contribution in [0.25, 0.3) is 0 Å². The monoisotopic (exact) mass is 672 g/mol. The molecule has 0 radical (unpaired) electrons. The molecule has 0 saturated carbocycles. The Hall–Kier alpha value is -5.65. The molecular formula is C45H41BO3S. The zero-order valence-electron chi connectivity index (χ0n) is 28.7. The van der Waals surface area contributed by atoms with Gasteiger partial charge in [-0.05, 0) is 72.8 Å². The van der Waals surface area contributed by atoms with E-state index in [1.807, 2.05) is 36.4 Å². The summed E-state index contributed by atoms with van der Waals surface area (Å²) in [5, 5.41) is 0. The highest BCUT2D eigenvalue weighted by Gasteiger charge is 2.31. The van der Waals surface area contributed by atoms with Crippen LogP contribution in [-0.4, -0.2) is 27.5 Å². The minimum atomic E-state index is -1.22. The second-order valence-electron chi connectivity index (χ2n) is 11.8. The Labute approximate surface area is 299 Å². The van der Waals surface area contributed by atoms with Crippen molar-refractivity contribution < 1.29 is 14.2 Å². The summed E-state index contributed by atoms with van der Waals surface area (Å²) in [5.41, 5.74) is 5.36. The number of hydrogen-bond donors (Lipinski definition) is 0. The Bertz CT molecular complexity index is 1750. The van der Waals surface area contributed by atoms with Crippen LogP contribution in [0.15, 0.2) is 209 Å². The van der Waals surface area contributed by atoms with Crippen LogP contribution in [0.2, 0.25) is 0 Å². The fraction of sp³-hybridized carbons (Fsp3) is 0.0667. The van der Waals surface area contributed by atoms with Gasteiger partial charge in [-0.2, -0.15) is 21.9 Å². The number of benzene rings is 7. The summed E-state index contributed by atoms with van der Waals surface area (Å²) in [6.45, 7) is 0. The van der Waals surface area contributed by atoms with Crippen molar-refractivity contribution in [1.82, 2.24) is 0 Å². The molecule has 0 atom stereocenters. The molecule has 0 bridgehead atoms. The molecule has 0 aromatic heterocycles. The highest BCUT2D eigenvalue weighted by Crippen LogP contribution is 2.33. The molecule has 3 nitrogen and oxygen atoms in total. The molecule has 0 heterocycles. The summed E-state index contributed by atoms with van der Waals surface area (Å²) in [4.78, 5) is 3.70. The minimum absolute atomic E-state index is 0.212. The predicted molar refractivity (Wildman–Crippen MR) is 211 cm³/mol. The van der Waals surface area contributed by atoms with Gasteiger partial charge >= 0.3 is 0 Å². The molecule has 0 aliphatic carbocycles. The standard InChI is InChI=1S/C24H20B.C21H21O3S/c1-5-13-21(14-6-1)25(22-15-7-2-8-16-22,23-17-9-3-10-18-23)24-19-11-4-12-20-24;1-22-16-4-10-19(11-5-16)25(20-12-6-17(23-2)7-13-20)21-14-8-18(24-3)9-15-21/h1-20H;4-15H,1-3H3/q-1;+1. The van der Waals surface area contributed by atoms with Gasteiger partial charge in [-0.15, -0.1) is 0 Å². The molecule has 0 amide bonds. The molecule has 0 N–H and O–H groups in total. The molecule has 7 aromatic carbocycles. The topological polar surface area (TPSA) is 27.7 Å². The predicted octanol–water partition coefficient (Wildman–Crippen LogP) is 7.87. The van der Waals surface area contributed by atoms with Gasteiger partial charge in [0.15, 0.2) is 14.7 Å². The van der Waals surface area contributed by atoms with E-state index in [1.54, 1.807) is 21.3 Å². The summed E-state index contributed by atoms with van der Waals surface area (Å²) >= 11 is 0.